The lowest BCUT2D eigenvalue weighted by molar-refractivity contribution is -0.129. The van der Waals surface area contributed by atoms with Gasteiger partial charge >= 0.3 is 0 Å². The second-order valence-electron chi connectivity index (χ2n) is 5.67. The molecule has 29 heavy (non-hydrogen) atoms. The minimum absolute atomic E-state index is 0.125. The summed E-state index contributed by atoms with van der Waals surface area (Å²) in [6, 6.07) is 9.27. The maximum atomic E-state index is 12.7. The van der Waals surface area contributed by atoms with Crippen LogP contribution in [-0.2, 0) is 9.59 Å². The van der Waals surface area contributed by atoms with E-state index in [1.807, 2.05) is 58.0 Å². The molecular formula is C22H34N4O3. The van der Waals surface area contributed by atoms with Gasteiger partial charge in [-0.1, -0.05) is 58.7 Å². The first-order valence-corrected chi connectivity index (χ1v) is 10.3. The van der Waals surface area contributed by atoms with Gasteiger partial charge in [0.15, 0.2) is 0 Å². The van der Waals surface area contributed by atoms with Crippen LogP contribution in [0, 0.1) is 0 Å². The number of hydrogen-bond acceptors (Lipinski definition) is 5. The molecule has 2 amide bonds. The van der Waals surface area contributed by atoms with E-state index >= 15 is 0 Å². The second-order valence-corrected chi connectivity index (χ2v) is 5.67. The Balaban J connectivity index is 0.00000184. The average Bonchev–Trinajstić information content (AvgIpc) is 2.80. The number of carbonyl (C=O) groups is 2. The molecule has 3 N–H and O–H groups in total. The van der Waals surface area contributed by atoms with Crippen molar-refractivity contribution in [2.75, 3.05) is 5.32 Å². The molecule has 0 spiro atoms. The van der Waals surface area contributed by atoms with Crippen molar-refractivity contribution < 1.29 is 14.8 Å². The van der Waals surface area contributed by atoms with Gasteiger partial charge in [0.05, 0.1) is 11.6 Å². The lowest BCUT2D eigenvalue weighted by Crippen LogP contribution is -2.22. The van der Waals surface area contributed by atoms with Crippen molar-refractivity contribution in [3.05, 3.63) is 54.6 Å². The van der Waals surface area contributed by atoms with Gasteiger partial charge in [0.2, 0.25) is 11.8 Å². The zero-order valence-corrected chi connectivity index (χ0v) is 17.9. The van der Waals surface area contributed by atoms with E-state index in [4.69, 9.17) is 5.21 Å². The quantitative estimate of drug-likeness (QED) is 0.320. The number of para-hydroxylation sites is 1. The summed E-state index contributed by atoms with van der Waals surface area (Å²) in [6.07, 6.45) is 7.83. The number of nitrogens with zero attached hydrogens (tertiary/aromatic N) is 2. The summed E-state index contributed by atoms with van der Waals surface area (Å²) in [6.45, 7) is 8.00. The first-order chi connectivity index (χ1) is 14.2. The molecule has 7 nitrogen and oxygen atoms in total. The van der Waals surface area contributed by atoms with Crippen LogP contribution in [0.25, 0.3) is 0 Å². The number of aromatic nitrogens is 2. The van der Waals surface area contributed by atoms with Crippen molar-refractivity contribution in [1.29, 1.82) is 0 Å². The molecule has 0 aliphatic heterocycles. The zero-order chi connectivity index (χ0) is 21.9. The highest BCUT2D eigenvalue weighted by Gasteiger charge is 2.22. The highest BCUT2D eigenvalue weighted by atomic mass is 16.5. The topological polar surface area (TPSA) is 104 Å². The largest absolute Gasteiger partial charge is 0.326 e. The molecule has 160 valence electrons. The van der Waals surface area contributed by atoms with E-state index in [0.29, 0.717) is 18.5 Å². The van der Waals surface area contributed by atoms with Crippen molar-refractivity contribution in [1.82, 2.24) is 15.4 Å². The number of benzene rings is 1. The van der Waals surface area contributed by atoms with Crippen LogP contribution in [0.1, 0.15) is 71.4 Å². The molecule has 2 aromatic rings. The lowest BCUT2D eigenvalue weighted by atomic mass is 9.96. The molecule has 1 aromatic carbocycles. The number of nitrogens with one attached hydrogen (secondary N) is 2. The highest BCUT2D eigenvalue weighted by Crippen LogP contribution is 2.22. The molecule has 0 fully saturated rings. The summed E-state index contributed by atoms with van der Waals surface area (Å²) >= 11 is 0. The van der Waals surface area contributed by atoms with Crippen molar-refractivity contribution in [3.8, 4) is 0 Å². The van der Waals surface area contributed by atoms with Crippen LogP contribution in [0.15, 0.2) is 48.9 Å². The van der Waals surface area contributed by atoms with Crippen LogP contribution in [-0.4, -0.2) is 27.0 Å². The molecule has 1 atom stereocenters. The maximum Gasteiger partial charge on any atom is 0.243 e. The molecule has 0 saturated heterocycles. The summed E-state index contributed by atoms with van der Waals surface area (Å²) in [4.78, 5) is 32.0. The number of unbranched alkanes of at least 4 members (excludes halogenated alkanes) is 2. The standard InChI is InChI=1S/C18H22N4O3.2C2H6/c23-17(22-25)10-6-2-5-9-15(16-13-19-11-12-20-16)18(24)21-14-7-3-1-4-8-14;2*1-2/h1,3-4,7-8,11-13,15,25H,2,5-6,9-10H2,(H,21,24)(H,22,23);2*1-2H3. The molecular weight excluding hydrogens is 368 g/mol. The predicted octanol–water partition coefficient (Wildman–Crippen LogP) is 4.71. The summed E-state index contributed by atoms with van der Waals surface area (Å²) in [5, 5.41) is 11.4. The number of hydrogen-bond donors (Lipinski definition) is 3. The van der Waals surface area contributed by atoms with Crippen LogP contribution in [0.5, 0.6) is 0 Å². The van der Waals surface area contributed by atoms with Crippen molar-refractivity contribution in [2.45, 2.75) is 65.7 Å². The van der Waals surface area contributed by atoms with E-state index in [1.165, 1.54) is 0 Å². The van der Waals surface area contributed by atoms with Crippen LogP contribution in [0.3, 0.4) is 0 Å². The Morgan fingerprint density at radius 1 is 1.00 bits per heavy atom. The van der Waals surface area contributed by atoms with Gasteiger partial charge in [0, 0.05) is 30.7 Å². The average molecular weight is 403 g/mol. The van der Waals surface area contributed by atoms with Crippen molar-refractivity contribution >= 4 is 17.5 Å². The molecule has 0 bridgehead atoms. The van der Waals surface area contributed by atoms with Gasteiger partial charge in [-0.05, 0) is 25.0 Å². The summed E-state index contributed by atoms with van der Waals surface area (Å²) in [7, 11) is 0. The molecule has 1 aromatic heterocycles. The molecule has 1 heterocycles. The van der Waals surface area contributed by atoms with E-state index < -0.39 is 11.8 Å². The van der Waals surface area contributed by atoms with Crippen molar-refractivity contribution in [3.63, 3.8) is 0 Å². The first kappa shape index (κ1) is 26.2. The monoisotopic (exact) mass is 402 g/mol. The molecule has 0 aliphatic rings. The van der Waals surface area contributed by atoms with E-state index in [1.54, 1.807) is 24.1 Å². The maximum absolute atomic E-state index is 12.7. The Labute approximate surface area is 173 Å². The third kappa shape index (κ3) is 10.9. The minimum Gasteiger partial charge on any atom is -0.326 e. The summed E-state index contributed by atoms with van der Waals surface area (Å²) < 4.78 is 0. The molecule has 0 aliphatic carbocycles. The fourth-order valence-corrected chi connectivity index (χ4v) is 2.52. The van der Waals surface area contributed by atoms with Crippen LogP contribution in [0.2, 0.25) is 0 Å². The predicted molar refractivity (Wildman–Crippen MR) is 116 cm³/mol. The van der Waals surface area contributed by atoms with Gasteiger partial charge in [-0.25, -0.2) is 5.48 Å². The number of rotatable bonds is 9. The SMILES string of the molecule is CC.CC.O=C(CCCCCC(C(=O)Nc1ccccc1)c1cnccn1)NO. The van der Waals surface area contributed by atoms with E-state index in [-0.39, 0.29) is 12.3 Å². The third-order valence-electron chi connectivity index (χ3n) is 3.82. The minimum atomic E-state index is -0.402. The zero-order valence-electron chi connectivity index (χ0n) is 17.9. The third-order valence-corrected chi connectivity index (χ3v) is 3.82. The normalized spacial score (nSPS) is 10.4. The molecule has 1 unspecified atom stereocenters. The molecule has 2 rings (SSSR count). The van der Waals surface area contributed by atoms with Crippen molar-refractivity contribution in [2.24, 2.45) is 0 Å². The molecule has 7 heteroatoms. The van der Waals surface area contributed by atoms with E-state index in [2.05, 4.69) is 15.3 Å². The number of anilines is 1. The van der Waals surface area contributed by atoms with Gasteiger partial charge in [0.1, 0.15) is 0 Å². The smallest absolute Gasteiger partial charge is 0.243 e. The Morgan fingerprint density at radius 3 is 2.28 bits per heavy atom. The Morgan fingerprint density at radius 2 is 1.69 bits per heavy atom. The van der Waals surface area contributed by atoms with Crippen LogP contribution < -0.4 is 10.8 Å². The summed E-state index contributed by atoms with van der Waals surface area (Å²) in [5.41, 5.74) is 2.98. The second kappa shape index (κ2) is 17.3. The molecule has 0 radical (unpaired) electrons. The van der Waals surface area contributed by atoms with Gasteiger partial charge in [-0.3, -0.25) is 24.8 Å². The summed E-state index contributed by atoms with van der Waals surface area (Å²) in [5.74, 6) is -0.923. The Kier molecular flexibility index (Phi) is 15.6. The van der Waals surface area contributed by atoms with Gasteiger partial charge in [-0.2, -0.15) is 0 Å². The number of amides is 2. The fraction of sp³-hybridized carbons (Fsp3) is 0.455. The highest BCUT2D eigenvalue weighted by molar-refractivity contribution is 5.95. The fourth-order valence-electron chi connectivity index (χ4n) is 2.52. The lowest BCUT2D eigenvalue weighted by Gasteiger charge is -2.16. The molecule has 0 saturated carbocycles. The van der Waals surface area contributed by atoms with E-state index in [9.17, 15) is 9.59 Å². The van der Waals surface area contributed by atoms with Crippen LogP contribution >= 0.6 is 0 Å². The van der Waals surface area contributed by atoms with Gasteiger partial charge < -0.3 is 5.32 Å². The first-order valence-electron chi connectivity index (χ1n) is 10.3. The van der Waals surface area contributed by atoms with Gasteiger partial charge in [-0.15, -0.1) is 0 Å². The Hall–Kier alpha value is -2.80. The van der Waals surface area contributed by atoms with Crippen LogP contribution in [0.4, 0.5) is 5.69 Å². The Bertz CT molecular complexity index is 666. The van der Waals surface area contributed by atoms with Gasteiger partial charge in [0.25, 0.3) is 0 Å². The number of hydroxylamine groups is 1. The number of carbonyl (C=O) groups excluding carboxylic acids is 2. The van der Waals surface area contributed by atoms with E-state index in [0.717, 1.165) is 18.5 Å².